The van der Waals surface area contributed by atoms with E-state index in [0.29, 0.717) is 21.8 Å². The van der Waals surface area contributed by atoms with Crippen molar-refractivity contribution in [2.75, 3.05) is 5.73 Å². The van der Waals surface area contributed by atoms with Gasteiger partial charge in [-0.2, -0.15) is 0 Å². The van der Waals surface area contributed by atoms with Gasteiger partial charge in [-0.15, -0.1) is 0 Å². The fraction of sp³-hybridized carbons (Fsp3) is 0. The van der Waals surface area contributed by atoms with Crippen molar-refractivity contribution in [2.24, 2.45) is 0 Å². The van der Waals surface area contributed by atoms with Crippen LogP contribution in [0.15, 0.2) is 42.5 Å². The molecule has 0 heterocycles. The number of benzene rings is 2. The van der Waals surface area contributed by atoms with E-state index in [0.717, 1.165) is 3.57 Å². The molecule has 0 unspecified atom stereocenters. The summed E-state index contributed by atoms with van der Waals surface area (Å²) in [5, 5.41) is 0.419. The Hall–Kier alpha value is -1.07. The number of hydrogen-bond donors (Lipinski definition) is 1. The Bertz CT molecular complexity index is 566. The first-order chi connectivity index (χ1) is 8.08. The highest BCUT2D eigenvalue weighted by atomic mass is 127. The monoisotopic (exact) mass is 357 g/mol. The molecule has 0 saturated carbocycles. The van der Waals surface area contributed by atoms with Crippen LogP contribution in [0.1, 0.15) is 15.9 Å². The van der Waals surface area contributed by atoms with E-state index in [1.165, 1.54) is 0 Å². The van der Waals surface area contributed by atoms with Gasteiger partial charge in [0.15, 0.2) is 5.78 Å². The average molecular weight is 358 g/mol. The van der Waals surface area contributed by atoms with Gasteiger partial charge >= 0.3 is 0 Å². The van der Waals surface area contributed by atoms with Crippen LogP contribution in [-0.2, 0) is 0 Å². The molecule has 0 radical (unpaired) electrons. The maximum atomic E-state index is 12.2. The molecule has 0 fully saturated rings. The van der Waals surface area contributed by atoms with E-state index < -0.39 is 0 Å². The highest BCUT2D eigenvalue weighted by Gasteiger charge is 2.12. The number of ketones is 1. The Balaban J connectivity index is 2.43. The summed E-state index contributed by atoms with van der Waals surface area (Å²) in [4.78, 5) is 12.2. The largest absolute Gasteiger partial charge is 0.399 e. The van der Waals surface area contributed by atoms with Crippen LogP contribution in [0, 0.1) is 3.57 Å². The Morgan fingerprint density at radius 3 is 2.41 bits per heavy atom. The third kappa shape index (κ3) is 2.79. The van der Waals surface area contributed by atoms with Gasteiger partial charge in [0.25, 0.3) is 0 Å². The SMILES string of the molecule is Nc1ccc(Cl)c(C(=O)c2ccc(I)cc2)c1. The first-order valence-electron chi connectivity index (χ1n) is 4.93. The summed E-state index contributed by atoms with van der Waals surface area (Å²) in [6.07, 6.45) is 0. The van der Waals surface area contributed by atoms with Gasteiger partial charge in [-0.1, -0.05) is 11.6 Å². The third-order valence-corrected chi connectivity index (χ3v) is 3.39. The molecule has 2 N–H and O–H groups in total. The maximum absolute atomic E-state index is 12.2. The highest BCUT2D eigenvalue weighted by Crippen LogP contribution is 2.22. The van der Waals surface area contributed by atoms with Crippen LogP contribution >= 0.6 is 34.2 Å². The number of rotatable bonds is 2. The van der Waals surface area contributed by atoms with Crippen LogP contribution < -0.4 is 5.73 Å². The predicted octanol–water partition coefficient (Wildman–Crippen LogP) is 3.76. The first kappa shape index (κ1) is 12.4. The van der Waals surface area contributed by atoms with Crippen molar-refractivity contribution in [3.8, 4) is 0 Å². The van der Waals surface area contributed by atoms with E-state index in [1.807, 2.05) is 12.1 Å². The summed E-state index contributed by atoms with van der Waals surface area (Å²) in [5.41, 5.74) is 7.23. The van der Waals surface area contributed by atoms with Gasteiger partial charge in [-0.25, -0.2) is 0 Å². The molecule has 17 heavy (non-hydrogen) atoms. The molecule has 4 heteroatoms. The molecule has 0 aliphatic heterocycles. The Morgan fingerprint density at radius 1 is 1.12 bits per heavy atom. The van der Waals surface area contributed by atoms with Crippen molar-refractivity contribution in [1.29, 1.82) is 0 Å². The number of carbonyl (C=O) groups excluding carboxylic acids is 1. The zero-order valence-corrected chi connectivity index (χ0v) is 11.7. The first-order valence-corrected chi connectivity index (χ1v) is 6.39. The third-order valence-electron chi connectivity index (χ3n) is 2.34. The second-order valence-electron chi connectivity index (χ2n) is 3.58. The number of nitrogen functional groups attached to an aromatic ring is 1. The molecule has 0 amide bonds. The van der Waals surface area contributed by atoms with E-state index in [4.69, 9.17) is 17.3 Å². The summed E-state index contributed by atoms with van der Waals surface area (Å²) >= 11 is 8.18. The molecule has 0 aliphatic rings. The molecule has 2 aromatic rings. The number of halogens is 2. The van der Waals surface area contributed by atoms with Crippen LogP contribution in [0.2, 0.25) is 5.02 Å². The van der Waals surface area contributed by atoms with E-state index in [2.05, 4.69) is 22.6 Å². The number of hydrogen-bond acceptors (Lipinski definition) is 2. The van der Waals surface area contributed by atoms with Gasteiger partial charge in [0.2, 0.25) is 0 Å². The van der Waals surface area contributed by atoms with Crippen LogP contribution in [0.3, 0.4) is 0 Å². The number of anilines is 1. The van der Waals surface area contributed by atoms with E-state index in [-0.39, 0.29) is 5.78 Å². The Kier molecular flexibility index (Phi) is 3.69. The smallest absolute Gasteiger partial charge is 0.194 e. The average Bonchev–Trinajstić information content (AvgIpc) is 2.32. The van der Waals surface area contributed by atoms with Crippen molar-refractivity contribution in [3.05, 3.63) is 62.2 Å². The lowest BCUT2D eigenvalue weighted by atomic mass is 10.0. The zero-order chi connectivity index (χ0) is 12.4. The summed E-state index contributed by atoms with van der Waals surface area (Å²) in [6, 6.07) is 12.2. The second kappa shape index (κ2) is 5.06. The Labute approximate surface area is 118 Å². The normalized spacial score (nSPS) is 10.2. The van der Waals surface area contributed by atoms with Crippen LogP contribution in [0.5, 0.6) is 0 Å². The van der Waals surface area contributed by atoms with Gasteiger partial charge < -0.3 is 5.73 Å². The lowest BCUT2D eigenvalue weighted by Gasteiger charge is -2.05. The van der Waals surface area contributed by atoms with Gasteiger partial charge in [-0.05, 0) is 65.1 Å². The van der Waals surface area contributed by atoms with Crippen LogP contribution in [-0.4, -0.2) is 5.78 Å². The quantitative estimate of drug-likeness (QED) is 0.505. The molecule has 2 rings (SSSR count). The summed E-state index contributed by atoms with van der Waals surface area (Å²) < 4.78 is 1.08. The maximum Gasteiger partial charge on any atom is 0.194 e. The molecule has 0 atom stereocenters. The fourth-order valence-electron chi connectivity index (χ4n) is 1.47. The predicted molar refractivity (Wildman–Crippen MR) is 78.5 cm³/mol. The molecule has 0 saturated heterocycles. The Morgan fingerprint density at radius 2 is 1.76 bits per heavy atom. The standard InChI is InChI=1S/C13H9ClINO/c14-12-6-5-10(16)7-11(12)13(17)8-1-3-9(15)4-2-8/h1-7H,16H2. The molecular formula is C13H9ClINO. The summed E-state index contributed by atoms with van der Waals surface area (Å²) in [7, 11) is 0. The van der Waals surface area contributed by atoms with E-state index in [1.54, 1.807) is 30.3 Å². The van der Waals surface area contributed by atoms with Gasteiger partial charge in [0.1, 0.15) is 0 Å². The van der Waals surface area contributed by atoms with Crippen molar-refractivity contribution in [1.82, 2.24) is 0 Å². The molecule has 0 spiro atoms. The summed E-state index contributed by atoms with van der Waals surface area (Å²) in [5.74, 6) is -0.112. The highest BCUT2D eigenvalue weighted by molar-refractivity contribution is 14.1. The lowest BCUT2D eigenvalue weighted by molar-refractivity contribution is 0.103. The lowest BCUT2D eigenvalue weighted by Crippen LogP contribution is -2.03. The van der Waals surface area contributed by atoms with E-state index >= 15 is 0 Å². The zero-order valence-electron chi connectivity index (χ0n) is 8.78. The molecule has 2 nitrogen and oxygen atoms in total. The number of carbonyl (C=O) groups is 1. The minimum atomic E-state index is -0.112. The van der Waals surface area contributed by atoms with Crippen LogP contribution in [0.4, 0.5) is 5.69 Å². The van der Waals surface area contributed by atoms with E-state index in [9.17, 15) is 4.79 Å². The summed E-state index contributed by atoms with van der Waals surface area (Å²) in [6.45, 7) is 0. The fourth-order valence-corrected chi connectivity index (χ4v) is 2.04. The molecular weight excluding hydrogens is 349 g/mol. The topological polar surface area (TPSA) is 43.1 Å². The molecule has 0 bridgehead atoms. The van der Waals surface area contributed by atoms with Crippen molar-refractivity contribution >= 4 is 45.7 Å². The van der Waals surface area contributed by atoms with Crippen molar-refractivity contribution < 1.29 is 4.79 Å². The second-order valence-corrected chi connectivity index (χ2v) is 5.23. The molecule has 86 valence electrons. The van der Waals surface area contributed by atoms with Crippen molar-refractivity contribution in [2.45, 2.75) is 0 Å². The molecule has 2 aromatic carbocycles. The van der Waals surface area contributed by atoms with Gasteiger partial charge in [0.05, 0.1) is 5.02 Å². The minimum Gasteiger partial charge on any atom is -0.399 e. The minimum absolute atomic E-state index is 0.112. The van der Waals surface area contributed by atoms with Gasteiger partial charge in [0, 0.05) is 20.4 Å². The number of nitrogens with two attached hydrogens (primary N) is 1. The van der Waals surface area contributed by atoms with Gasteiger partial charge in [-0.3, -0.25) is 4.79 Å². The van der Waals surface area contributed by atoms with Crippen LogP contribution in [0.25, 0.3) is 0 Å². The molecule has 0 aromatic heterocycles. The molecule has 0 aliphatic carbocycles. The van der Waals surface area contributed by atoms with Crippen molar-refractivity contribution in [3.63, 3.8) is 0 Å².